The number of hydrogen-bond donors (Lipinski definition) is 2. The second-order valence-corrected chi connectivity index (χ2v) is 10.0. The van der Waals surface area contributed by atoms with Gasteiger partial charge in [-0.3, -0.25) is 19.3 Å². The molecule has 34 heavy (non-hydrogen) atoms. The van der Waals surface area contributed by atoms with Crippen LogP contribution in [0.4, 0.5) is 11.4 Å². The largest absolute Gasteiger partial charge is 0.456 e. The third-order valence-corrected chi connectivity index (χ3v) is 7.98. The Morgan fingerprint density at radius 3 is 2.24 bits per heavy atom. The van der Waals surface area contributed by atoms with E-state index in [4.69, 9.17) is 4.74 Å². The molecular weight excluding hydrogens is 458 g/mol. The van der Waals surface area contributed by atoms with Gasteiger partial charge in [-0.05, 0) is 74.6 Å². The lowest BCUT2D eigenvalue weighted by Crippen LogP contribution is -2.44. The van der Waals surface area contributed by atoms with E-state index in [2.05, 4.69) is 10.0 Å². The molecule has 2 aromatic carbocycles. The van der Waals surface area contributed by atoms with Crippen molar-refractivity contribution in [2.75, 3.05) is 29.9 Å². The van der Waals surface area contributed by atoms with Crippen LogP contribution in [0.1, 0.15) is 34.2 Å². The molecule has 0 aliphatic carbocycles. The number of nitrogens with one attached hydrogen (secondary N) is 2. The van der Waals surface area contributed by atoms with Crippen LogP contribution in [-0.2, 0) is 29.1 Å². The molecule has 2 amide bonds. The molecule has 2 aromatic rings. The molecule has 1 aliphatic heterocycles. The van der Waals surface area contributed by atoms with Crippen molar-refractivity contribution in [1.82, 2.24) is 4.72 Å². The summed E-state index contributed by atoms with van der Waals surface area (Å²) < 4.78 is 33.3. The topological polar surface area (TPSA) is 122 Å². The summed E-state index contributed by atoms with van der Waals surface area (Å²) in [6, 6.07) is 6.82. The first-order valence-electron chi connectivity index (χ1n) is 10.9. The molecule has 0 atom stereocenters. The zero-order valence-electron chi connectivity index (χ0n) is 19.9. The summed E-state index contributed by atoms with van der Waals surface area (Å²) in [5.41, 5.74) is 5.24. The summed E-state index contributed by atoms with van der Waals surface area (Å²) in [5, 5.41) is 2.68. The van der Waals surface area contributed by atoms with Crippen LogP contribution in [0.15, 0.2) is 29.2 Å². The fraction of sp³-hybridized carbons (Fsp3) is 0.375. The number of para-hydroxylation sites is 2. The van der Waals surface area contributed by atoms with E-state index in [1.54, 1.807) is 38.1 Å². The Hall–Kier alpha value is -3.24. The molecule has 0 spiro atoms. The summed E-state index contributed by atoms with van der Waals surface area (Å²) in [6.45, 7) is 8.35. The fourth-order valence-corrected chi connectivity index (χ4v) is 5.60. The highest BCUT2D eigenvalue weighted by molar-refractivity contribution is 7.89. The lowest BCUT2D eigenvalue weighted by atomic mass is 9.95. The van der Waals surface area contributed by atoms with Crippen molar-refractivity contribution in [3.8, 4) is 0 Å². The molecule has 3 rings (SSSR count). The van der Waals surface area contributed by atoms with Crippen LogP contribution in [0.3, 0.4) is 0 Å². The lowest BCUT2D eigenvalue weighted by Gasteiger charge is -2.28. The number of fused-ring (bicyclic) bond motifs is 1. The number of hydrogen-bond acceptors (Lipinski definition) is 6. The van der Waals surface area contributed by atoms with Crippen LogP contribution in [-0.4, -0.2) is 45.9 Å². The van der Waals surface area contributed by atoms with Crippen LogP contribution in [0.25, 0.3) is 0 Å². The summed E-state index contributed by atoms with van der Waals surface area (Å²) in [5.74, 6) is -1.62. The molecule has 1 heterocycles. The molecule has 9 nitrogen and oxygen atoms in total. The Morgan fingerprint density at radius 1 is 1.00 bits per heavy atom. The number of amides is 2. The van der Waals surface area contributed by atoms with Gasteiger partial charge >= 0.3 is 5.97 Å². The van der Waals surface area contributed by atoms with Gasteiger partial charge in [0.25, 0.3) is 5.91 Å². The Labute approximate surface area is 199 Å². The fourth-order valence-electron chi connectivity index (χ4n) is 3.98. The first-order chi connectivity index (χ1) is 15.9. The van der Waals surface area contributed by atoms with E-state index in [1.165, 1.54) is 4.90 Å². The van der Waals surface area contributed by atoms with Crippen molar-refractivity contribution >= 4 is 39.2 Å². The number of carbonyl (C=O) groups is 3. The average molecular weight is 488 g/mol. The van der Waals surface area contributed by atoms with Crippen LogP contribution in [0.2, 0.25) is 0 Å². The molecule has 2 N–H and O–H groups in total. The minimum absolute atomic E-state index is 0.171. The van der Waals surface area contributed by atoms with E-state index >= 15 is 0 Å². The molecular formula is C24H29N3O6S. The van der Waals surface area contributed by atoms with E-state index in [1.807, 2.05) is 20.8 Å². The normalized spacial score (nSPS) is 13.3. The second-order valence-electron chi connectivity index (χ2n) is 8.31. The van der Waals surface area contributed by atoms with Crippen molar-refractivity contribution in [1.29, 1.82) is 0 Å². The van der Waals surface area contributed by atoms with Crippen molar-refractivity contribution in [2.24, 2.45) is 0 Å². The van der Waals surface area contributed by atoms with Gasteiger partial charge in [0.2, 0.25) is 15.9 Å². The highest BCUT2D eigenvalue weighted by Crippen LogP contribution is 2.30. The smallest absolute Gasteiger partial charge is 0.307 e. The quantitative estimate of drug-likeness (QED) is 0.579. The summed E-state index contributed by atoms with van der Waals surface area (Å²) >= 11 is 0. The molecule has 1 aliphatic rings. The summed E-state index contributed by atoms with van der Waals surface area (Å²) in [6.07, 6.45) is -0.245. The van der Waals surface area contributed by atoms with Gasteiger partial charge in [-0.25, -0.2) is 13.1 Å². The predicted octanol–water partition coefficient (Wildman–Crippen LogP) is 2.43. The molecule has 0 bridgehead atoms. The number of anilines is 2. The number of ether oxygens (including phenoxy) is 1. The zero-order valence-corrected chi connectivity index (χ0v) is 20.8. The first-order valence-corrected chi connectivity index (χ1v) is 12.3. The molecule has 0 saturated heterocycles. The maximum absolute atomic E-state index is 12.9. The standard InChI is InChI=1S/C24H29N3O6S/c1-14-15(2)17(4)24(18(5)16(14)3)34(31,32)25-11-10-23(30)33-13-22(29)27-12-21(28)26-19-8-6-7-9-20(19)27/h6-9,25H,10-13H2,1-5H3,(H,26,28). The molecule has 0 saturated carbocycles. The van der Waals surface area contributed by atoms with Crippen molar-refractivity contribution in [3.63, 3.8) is 0 Å². The van der Waals surface area contributed by atoms with Gasteiger partial charge in [0.15, 0.2) is 6.61 Å². The van der Waals surface area contributed by atoms with Gasteiger partial charge in [-0.15, -0.1) is 0 Å². The maximum Gasteiger partial charge on any atom is 0.307 e. The molecule has 0 unspecified atom stereocenters. The lowest BCUT2D eigenvalue weighted by molar-refractivity contribution is -0.147. The summed E-state index contributed by atoms with van der Waals surface area (Å²) in [4.78, 5) is 38.0. The minimum Gasteiger partial charge on any atom is -0.456 e. The molecule has 0 fully saturated rings. The van der Waals surface area contributed by atoms with Gasteiger partial charge in [-0.2, -0.15) is 0 Å². The number of sulfonamides is 1. The van der Waals surface area contributed by atoms with E-state index < -0.39 is 28.5 Å². The molecule has 182 valence electrons. The van der Waals surface area contributed by atoms with Crippen LogP contribution < -0.4 is 14.9 Å². The van der Waals surface area contributed by atoms with Crippen molar-refractivity contribution in [2.45, 2.75) is 45.9 Å². The Morgan fingerprint density at radius 2 is 1.59 bits per heavy atom. The minimum atomic E-state index is -3.84. The predicted molar refractivity (Wildman–Crippen MR) is 128 cm³/mol. The third kappa shape index (κ3) is 5.13. The van der Waals surface area contributed by atoms with E-state index in [-0.39, 0.29) is 30.3 Å². The van der Waals surface area contributed by atoms with Gasteiger partial charge in [-0.1, -0.05) is 12.1 Å². The van der Waals surface area contributed by atoms with Gasteiger partial charge in [0.05, 0.1) is 22.7 Å². The SMILES string of the molecule is Cc1c(C)c(C)c(S(=O)(=O)NCCC(=O)OCC(=O)N2CC(=O)Nc3ccccc32)c(C)c1C. The van der Waals surface area contributed by atoms with Gasteiger partial charge in [0.1, 0.15) is 6.54 Å². The number of carbonyl (C=O) groups excluding carboxylic acids is 3. The average Bonchev–Trinajstić information content (AvgIpc) is 2.79. The van der Waals surface area contributed by atoms with E-state index in [0.29, 0.717) is 22.5 Å². The van der Waals surface area contributed by atoms with Crippen molar-refractivity contribution in [3.05, 3.63) is 52.1 Å². The Balaban J connectivity index is 1.58. The maximum atomic E-state index is 12.9. The zero-order chi connectivity index (χ0) is 25.2. The van der Waals surface area contributed by atoms with Gasteiger partial charge in [0, 0.05) is 6.54 Å². The first kappa shape index (κ1) is 25.4. The van der Waals surface area contributed by atoms with E-state index in [9.17, 15) is 22.8 Å². The number of nitrogens with zero attached hydrogens (tertiary/aromatic N) is 1. The Kier molecular flexibility index (Phi) is 7.42. The van der Waals surface area contributed by atoms with Crippen LogP contribution >= 0.6 is 0 Å². The van der Waals surface area contributed by atoms with Crippen LogP contribution in [0, 0.1) is 34.6 Å². The van der Waals surface area contributed by atoms with Crippen LogP contribution in [0.5, 0.6) is 0 Å². The number of esters is 1. The third-order valence-electron chi connectivity index (χ3n) is 6.25. The number of benzene rings is 2. The summed E-state index contributed by atoms with van der Waals surface area (Å²) in [7, 11) is -3.84. The van der Waals surface area contributed by atoms with Crippen molar-refractivity contribution < 1.29 is 27.5 Å². The Bertz CT molecular complexity index is 1240. The van der Waals surface area contributed by atoms with E-state index in [0.717, 1.165) is 16.7 Å². The highest BCUT2D eigenvalue weighted by Gasteiger charge is 2.27. The molecule has 0 aromatic heterocycles. The second kappa shape index (κ2) is 9.94. The number of rotatable bonds is 7. The monoisotopic (exact) mass is 487 g/mol. The molecule has 10 heteroatoms. The van der Waals surface area contributed by atoms with Gasteiger partial charge < -0.3 is 10.1 Å². The highest BCUT2D eigenvalue weighted by atomic mass is 32.2. The molecule has 0 radical (unpaired) electrons.